The quantitative estimate of drug-likeness (QED) is 0.409. The molecule has 6 nitrogen and oxygen atoms in total. The van der Waals surface area contributed by atoms with E-state index < -0.39 is 5.60 Å². The number of benzene rings is 1. The average Bonchev–Trinajstić information content (AvgIpc) is 3.31. The third kappa shape index (κ3) is 3.87. The van der Waals surface area contributed by atoms with Crippen molar-refractivity contribution in [2.45, 2.75) is 70.5 Å². The lowest BCUT2D eigenvalue weighted by molar-refractivity contribution is -0.0354. The summed E-state index contributed by atoms with van der Waals surface area (Å²) in [4.78, 5) is 0. The summed E-state index contributed by atoms with van der Waals surface area (Å²) in [5.74, 6) is 1.19. The Kier molecular flexibility index (Phi) is 6.19. The number of aliphatic hydroxyl groups excluding tert-OH is 1. The Bertz CT molecular complexity index is 1220. The van der Waals surface area contributed by atoms with Gasteiger partial charge in [-0.05, 0) is 101 Å². The highest BCUT2D eigenvalue weighted by atomic mass is 16.3. The van der Waals surface area contributed by atoms with Gasteiger partial charge in [-0.25, -0.2) is 0 Å². The van der Waals surface area contributed by atoms with E-state index in [9.17, 15) is 10.2 Å². The number of anilines is 1. The number of rotatable bonds is 1. The minimum atomic E-state index is -0.812. The van der Waals surface area contributed by atoms with Gasteiger partial charge >= 0.3 is 0 Å². The first kappa shape index (κ1) is 24.3. The van der Waals surface area contributed by atoms with Crippen LogP contribution >= 0.6 is 0 Å². The summed E-state index contributed by atoms with van der Waals surface area (Å²) < 4.78 is 0. The largest absolute Gasteiger partial charge is 0.393 e. The third-order valence-corrected chi connectivity index (χ3v) is 9.03. The van der Waals surface area contributed by atoms with Crippen LogP contribution in [0, 0.1) is 17.3 Å². The second-order valence-corrected chi connectivity index (χ2v) is 11.4. The first-order valence-electron chi connectivity index (χ1n) is 13.1. The maximum Gasteiger partial charge on any atom is 0.153 e. The van der Waals surface area contributed by atoms with Crippen molar-refractivity contribution in [2.75, 3.05) is 19.8 Å². The number of aliphatic hydroxyl groups is 2. The Balaban J connectivity index is 0.000000806. The highest BCUT2D eigenvalue weighted by Crippen LogP contribution is 2.63. The molecule has 6 rings (SSSR count). The molecule has 0 bridgehead atoms. The molecule has 188 valence electrons. The molecule has 0 saturated heterocycles. The molecular weight excluding hydrogens is 436 g/mol. The number of aromatic nitrogens is 2. The Labute approximate surface area is 208 Å². The molecule has 35 heavy (non-hydrogen) atoms. The van der Waals surface area contributed by atoms with Gasteiger partial charge in [-0.3, -0.25) is 5.10 Å². The number of hydrogen-bond donors (Lipinski definition) is 5. The van der Waals surface area contributed by atoms with Crippen molar-refractivity contribution in [3.8, 4) is 0 Å². The van der Waals surface area contributed by atoms with Gasteiger partial charge in [-0.2, -0.15) is 5.10 Å². The normalized spacial score (nSPS) is 34.2. The van der Waals surface area contributed by atoms with Crippen LogP contribution in [0.2, 0.25) is 0 Å². The lowest BCUT2D eigenvalue weighted by atomic mass is 9.56. The van der Waals surface area contributed by atoms with Gasteiger partial charge in [0, 0.05) is 16.7 Å². The highest BCUT2D eigenvalue weighted by Gasteiger charge is 2.57. The topological polar surface area (TPSA) is 107 Å². The molecule has 4 aliphatic carbocycles. The molecule has 1 heterocycles. The van der Waals surface area contributed by atoms with E-state index in [0.29, 0.717) is 11.7 Å². The molecule has 4 unspecified atom stereocenters. The van der Waals surface area contributed by atoms with E-state index in [4.69, 9.17) is 5.73 Å². The van der Waals surface area contributed by atoms with E-state index in [1.165, 1.54) is 22.3 Å². The van der Waals surface area contributed by atoms with Crippen molar-refractivity contribution in [1.29, 1.82) is 0 Å². The van der Waals surface area contributed by atoms with Gasteiger partial charge in [-0.1, -0.05) is 36.3 Å². The molecule has 0 radical (unpaired) electrons. The molecule has 1 aromatic carbocycles. The van der Waals surface area contributed by atoms with Gasteiger partial charge in [0.25, 0.3) is 0 Å². The number of allylic oxidation sites excluding steroid dienone is 3. The van der Waals surface area contributed by atoms with Gasteiger partial charge < -0.3 is 21.3 Å². The number of nitrogens with zero attached hydrogens (tertiary/aromatic N) is 1. The van der Waals surface area contributed by atoms with E-state index >= 15 is 0 Å². The first-order chi connectivity index (χ1) is 16.7. The van der Waals surface area contributed by atoms with E-state index in [1.54, 1.807) is 0 Å². The molecule has 0 spiro atoms. The lowest BCUT2D eigenvalue weighted by Crippen LogP contribution is -2.49. The van der Waals surface area contributed by atoms with Crippen LogP contribution in [0.25, 0.3) is 16.5 Å². The summed E-state index contributed by atoms with van der Waals surface area (Å²) in [7, 11) is 3.75. The summed E-state index contributed by atoms with van der Waals surface area (Å²) in [6, 6.07) is 6.36. The van der Waals surface area contributed by atoms with Crippen molar-refractivity contribution >= 4 is 22.3 Å². The Morgan fingerprint density at radius 2 is 1.97 bits per heavy atom. The molecule has 0 aliphatic heterocycles. The molecular formula is C29H40N4O2. The minimum absolute atomic E-state index is 0.116. The minimum Gasteiger partial charge on any atom is -0.393 e. The van der Waals surface area contributed by atoms with E-state index in [0.717, 1.165) is 61.4 Å². The van der Waals surface area contributed by atoms with Crippen LogP contribution in [-0.4, -0.2) is 46.2 Å². The van der Waals surface area contributed by atoms with Gasteiger partial charge in [0.05, 0.1) is 17.2 Å². The Hall–Kier alpha value is -2.41. The number of H-pyrrole nitrogens is 1. The van der Waals surface area contributed by atoms with Crippen molar-refractivity contribution < 1.29 is 10.2 Å². The molecule has 0 amide bonds. The second kappa shape index (κ2) is 8.91. The van der Waals surface area contributed by atoms with Crippen molar-refractivity contribution in [3.63, 3.8) is 0 Å². The zero-order chi connectivity index (χ0) is 25.0. The fourth-order valence-electron chi connectivity index (χ4n) is 7.48. The monoisotopic (exact) mass is 476 g/mol. The molecule has 1 fully saturated rings. The van der Waals surface area contributed by atoms with Crippen LogP contribution in [0.4, 0.5) is 5.82 Å². The first-order valence-corrected chi connectivity index (χ1v) is 13.1. The van der Waals surface area contributed by atoms with E-state index in [-0.39, 0.29) is 17.4 Å². The van der Waals surface area contributed by atoms with Crippen LogP contribution in [-0.2, 0) is 0 Å². The lowest BCUT2D eigenvalue weighted by Gasteiger charge is -2.50. The van der Waals surface area contributed by atoms with Crippen LogP contribution < -0.4 is 11.1 Å². The number of nitrogen functional groups attached to an aromatic ring is 1. The van der Waals surface area contributed by atoms with Crippen LogP contribution in [0.3, 0.4) is 0 Å². The predicted octanol–water partition coefficient (Wildman–Crippen LogP) is 4.72. The number of aromatic amines is 1. The molecule has 4 aliphatic rings. The fraction of sp³-hybridized carbons (Fsp3) is 0.552. The van der Waals surface area contributed by atoms with E-state index in [2.05, 4.69) is 59.7 Å². The SMILES string of the molecule is CC1=C2C=C3CC(O)CCC3CC[C@]2(O)C2CC=C(c3ccc4c(N)n[nH]c4c3)C2(C)C1.CNC. The van der Waals surface area contributed by atoms with Crippen LogP contribution in [0.15, 0.2) is 47.1 Å². The predicted molar refractivity (Wildman–Crippen MR) is 143 cm³/mol. The average molecular weight is 477 g/mol. The smallest absolute Gasteiger partial charge is 0.153 e. The number of fused-ring (bicyclic) bond motifs is 5. The Morgan fingerprint density at radius 1 is 1.20 bits per heavy atom. The standard InChI is InChI=1S/C27H33N3O2.C2H7N/c1-15-14-26(2)21(17-4-6-20-23(13-17)29-30-25(20)28)7-8-24(26)27(32)10-9-16-3-5-19(31)11-18(16)12-22(15)27;1-3-2/h4,6-7,12-13,16,19,24,31-32H,3,5,8-11,14H2,1-2H3,(H3,28,29,30);3H,1-2H3/t16?,19?,24?,26?,27-;/m1./s1. The molecule has 6 heteroatoms. The van der Waals surface area contributed by atoms with E-state index in [1.807, 2.05) is 14.1 Å². The molecule has 1 aromatic heterocycles. The van der Waals surface area contributed by atoms with Gasteiger partial charge in [0.15, 0.2) is 5.82 Å². The molecule has 5 atom stereocenters. The zero-order valence-corrected chi connectivity index (χ0v) is 21.5. The fourth-order valence-corrected chi connectivity index (χ4v) is 7.48. The second-order valence-electron chi connectivity index (χ2n) is 11.4. The molecule has 6 N–H and O–H groups in total. The molecule has 2 aromatic rings. The number of nitrogens with two attached hydrogens (primary N) is 1. The van der Waals surface area contributed by atoms with Gasteiger partial charge in [0.1, 0.15) is 0 Å². The summed E-state index contributed by atoms with van der Waals surface area (Å²) in [6.45, 7) is 4.54. The number of nitrogens with one attached hydrogen (secondary N) is 2. The summed E-state index contributed by atoms with van der Waals surface area (Å²) in [6.07, 6.45) is 10.7. The summed E-state index contributed by atoms with van der Waals surface area (Å²) in [5.41, 5.74) is 12.3. The maximum atomic E-state index is 12.3. The van der Waals surface area contributed by atoms with Crippen molar-refractivity contribution in [3.05, 3.63) is 52.6 Å². The Morgan fingerprint density at radius 3 is 2.74 bits per heavy atom. The molecule has 1 saturated carbocycles. The van der Waals surface area contributed by atoms with Crippen LogP contribution in [0.5, 0.6) is 0 Å². The van der Waals surface area contributed by atoms with Crippen molar-refractivity contribution in [2.24, 2.45) is 17.3 Å². The van der Waals surface area contributed by atoms with Gasteiger partial charge in [-0.15, -0.1) is 0 Å². The highest BCUT2D eigenvalue weighted by molar-refractivity contribution is 5.91. The zero-order valence-electron chi connectivity index (χ0n) is 21.5. The summed E-state index contributed by atoms with van der Waals surface area (Å²) >= 11 is 0. The summed E-state index contributed by atoms with van der Waals surface area (Å²) in [5, 5.41) is 33.5. The number of hydrogen-bond acceptors (Lipinski definition) is 5. The third-order valence-electron chi connectivity index (χ3n) is 9.03. The van der Waals surface area contributed by atoms with Crippen LogP contribution in [0.1, 0.15) is 64.4 Å². The van der Waals surface area contributed by atoms with Gasteiger partial charge in [0.2, 0.25) is 0 Å². The van der Waals surface area contributed by atoms with Crippen molar-refractivity contribution in [1.82, 2.24) is 15.5 Å². The maximum absolute atomic E-state index is 12.3.